The molecule has 0 saturated carbocycles. The third kappa shape index (κ3) is 3.03. The Balaban J connectivity index is 2.02. The molecular formula is C11H17FN4O. The number of hydrogen-bond donors (Lipinski definition) is 1. The van der Waals surface area contributed by atoms with Gasteiger partial charge in [0.1, 0.15) is 0 Å². The van der Waals surface area contributed by atoms with E-state index in [0.29, 0.717) is 12.0 Å². The first-order valence-corrected chi connectivity index (χ1v) is 5.70. The Morgan fingerprint density at radius 1 is 1.59 bits per heavy atom. The number of ether oxygens (including phenoxy) is 1. The quantitative estimate of drug-likeness (QED) is 0.858. The molecule has 0 aromatic carbocycles. The molecule has 0 bridgehead atoms. The highest BCUT2D eigenvalue weighted by atomic mass is 19.1. The number of likely N-dealkylation sites (tertiary alicyclic amines) is 1. The second-order valence-corrected chi connectivity index (χ2v) is 4.30. The second kappa shape index (κ2) is 5.27. The summed E-state index contributed by atoms with van der Waals surface area (Å²) >= 11 is 0. The molecule has 1 saturated heterocycles. The van der Waals surface area contributed by atoms with Crippen molar-refractivity contribution in [2.24, 2.45) is 0 Å². The van der Waals surface area contributed by atoms with Crippen molar-refractivity contribution in [1.29, 1.82) is 0 Å². The van der Waals surface area contributed by atoms with Gasteiger partial charge in [-0.05, 0) is 26.4 Å². The maximum atomic E-state index is 13.1. The summed E-state index contributed by atoms with van der Waals surface area (Å²) in [6, 6.07) is 0.309. The van der Waals surface area contributed by atoms with Crippen LogP contribution in [0.15, 0.2) is 6.20 Å². The Bertz CT molecular complexity index is 388. The number of rotatable bonds is 3. The molecule has 0 amide bonds. The average Bonchev–Trinajstić information content (AvgIpc) is 2.32. The summed E-state index contributed by atoms with van der Waals surface area (Å²) in [5.41, 5.74) is 0. The van der Waals surface area contributed by atoms with Crippen LogP contribution in [0.2, 0.25) is 0 Å². The fraction of sp³-hybridized carbons (Fsp3) is 0.636. The minimum atomic E-state index is -0.543. The van der Waals surface area contributed by atoms with Crippen LogP contribution in [0.5, 0.6) is 5.88 Å². The standard InChI is InChI=1S/C11H17FN4O/c1-16-5-3-4-8(7-16)14-11-13-6-9(12)10(15-11)17-2/h6,8H,3-5,7H2,1-2H3,(H,13,14,15). The summed E-state index contributed by atoms with van der Waals surface area (Å²) in [6.07, 6.45) is 3.35. The van der Waals surface area contributed by atoms with Crippen LogP contribution in [0.1, 0.15) is 12.8 Å². The van der Waals surface area contributed by atoms with Crippen molar-refractivity contribution in [2.45, 2.75) is 18.9 Å². The van der Waals surface area contributed by atoms with E-state index in [4.69, 9.17) is 4.74 Å². The molecule has 1 unspecified atom stereocenters. The Morgan fingerprint density at radius 2 is 2.41 bits per heavy atom. The van der Waals surface area contributed by atoms with Gasteiger partial charge in [0, 0.05) is 12.6 Å². The molecule has 1 aliphatic heterocycles. The monoisotopic (exact) mass is 240 g/mol. The Labute approximate surface area is 100 Å². The number of nitrogens with zero attached hydrogens (tertiary/aromatic N) is 3. The molecule has 5 nitrogen and oxygen atoms in total. The predicted octanol–water partition coefficient (Wildman–Crippen LogP) is 1.13. The van der Waals surface area contributed by atoms with Crippen molar-refractivity contribution in [2.75, 3.05) is 32.6 Å². The molecule has 2 rings (SSSR count). The van der Waals surface area contributed by atoms with Gasteiger partial charge in [-0.2, -0.15) is 9.37 Å². The van der Waals surface area contributed by atoms with Gasteiger partial charge in [0.15, 0.2) is 0 Å². The normalized spacial score (nSPS) is 21.2. The van der Waals surface area contributed by atoms with Gasteiger partial charge in [0.25, 0.3) is 5.88 Å². The number of anilines is 1. The van der Waals surface area contributed by atoms with Gasteiger partial charge in [-0.15, -0.1) is 0 Å². The highest BCUT2D eigenvalue weighted by molar-refractivity contribution is 5.30. The molecule has 94 valence electrons. The summed E-state index contributed by atoms with van der Waals surface area (Å²) in [4.78, 5) is 10.1. The van der Waals surface area contributed by atoms with Crippen molar-refractivity contribution in [3.63, 3.8) is 0 Å². The number of hydrogen-bond acceptors (Lipinski definition) is 5. The molecule has 6 heteroatoms. The van der Waals surface area contributed by atoms with Gasteiger partial charge >= 0.3 is 0 Å². The van der Waals surface area contributed by atoms with Crippen LogP contribution in [-0.4, -0.2) is 48.2 Å². The molecule has 1 aromatic heterocycles. The van der Waals surface area contributed by atoms with Crippen LogP contribution in [-0.2, 0) is 0 Å². The van der Waals surface area contributed by atoms with Crippen molar-refractivity contribution in [1.82, 2.24) is 14.9 Å². The fourth-order valence-corrected chi connectivity index (χ4v) is 2.03. The molecule has 2 heterocycles. The summed E-state index contributed by atoms with van der Waals surface area (Å²) in [6.45, 7) is 2.06. The van der Waals surface area contributed by atoms with E-state index in [2.05, 4.69) is 27.2 Å². The first kappa shape index (κ1) is 12.0. The van der Waals surface area contributed by atoms with Gasteiger partial charge in [-0.3, -0.25) is 0 Å². The van der Waals surface area contributed by atoms with Crippen LogP contribution in [0.4, 0.5) is 10.3 Å². The minimum Gasteiger partial charge on any atom is -0.479 e. The Hall–Kier alpha value is -1.43. The Kier molecular flexibility index (Phi) is 3.73. The third-order valence-electron chi connectivity index (χ3n) is 2.86. The largest absolute Gasteiger partial charge is 0.479 e. The average molecular weight is 240 g/mol. The van der Waals surface area contributed by atoms with Crippen LogP contribution >= 0.6 is 0 Å². The van der Waals surface area contributed by atoms with Crippen LogP contribution in [0.25, 0.3) is 0 Å². The molecule has 0 aliphatic carbocycles. The van der Waals surface area contributed by atoms with Gasteiger partial charge < -0.3 is 15.0 Å². The maximum absolute atomic E-state index is 13.1. The van der Waals surface area contributed by atoms with Gasteiger partial charge in [0.2, 0.25) is 11.8 Å². The van der Waals surface area contributed by atoms with E-state index < -0.39 is 5.82 Å². The first-order valence-electron chi connectivity index (χ1n) is 5.70. The lowest BCUT2D eigenvalue weighted by Crippen LogP contribution is -2.40. The van der Waals surface area contributed by atoms with E-state index in [1.54, 1.807) is 0 Å². The molecule has 1 aromatic rings. The smallest absolute Gasteiger partial charge is 0.255 e. The molecule has 1 atom stereocenters. The highest BCUT2D eigenvalue weighted by Crippen LogP contribution is 2.16. The summed E-state index contributed by atoms with van der Waals surface area (Å²) in [5, 5.41) is 3.20. The molecule has 0 radical (unpaired) electrons. The van der Waals surface area contributed by atoms with Gasteiger partial charge in [-0.25, -0.2) is 4.98 Å². The molecule has 0 spiro atoms. The summed E-state index contributed by atoms with van der Waals surface area (Å²) < 4.78 is 17.9. The molecular weight excluding hydrogens is 223 g/mol. The lowest BCUT2D eigenvalue weighted by molar-refractivity contribution is 0.260. The van der Waals surface area contributed by atoms with Crippen LogP contribution in [0.3, 0.4) is 0 Å². The number of aromatic nitrogens is 2. The van der Waals surface area contributed by atoms with Crippen molar-refractivity contribution >= 4 is 5.95 Å². The zero-order valence-corrected chi connectivity index (χ0v) is 10.1. The fourth-order valence-electron chi connectivity index (χ4n) is 2.03. The van der Waals surface area contributed by atoms with E-state index in [1.165, 1.54) is 7.11 Å². The van der Waals surface area contributed by atoms with Crippen LogP contribution in [0, 0.1) is 5.82 Å². The topological polar surface area (TPSA) is 50.3 Å². The molecule has 1 aliphatic rings. The van der Waals surface area contributed by atoms with Crippen molar-refractivity contribution in [3.05, 3.63) is 12.0 Å². The SMILES string of the molecule is COc1nc(NC2CCCN(C)C2)ncc1F. The number of likely N-dealkylation sites (N-methyl/N-ethyl adjacent to an activating group) is 1. The lowest BCUT2D eigenvalue weighted by Gasteiger charge is -2.30. The summed E-state index contributed by atoms with van der Waals surface area (Å²) in [5.74, 6) is -0.144. The van der Waals surface area contributed by atoms with Gasteiger partial charge in [0.05, 0.1) is 13.3 Å². The highest BCUT2D eigenvalue weighted by Gasteiger charge is 2.18. The second-order valence-electron chi connectivity index (χ2n) is 4.30. The lowest BCUT2D eigenvalue weighted by atomic mass is 10.1. The molecule has 1 N–H and O–H groups in total. The van der Waals surface area contributed by atoms with Crippen molar-refractivity contribution < 1.29 is 9.13 Å². The van der Waals surface area contributed by atoms with E-state index in [-0.39, 0.29) is 5.88 Å². The minimum absolute atomic E-state index is 0.0216. The van der Waals surface area contributed by atoms with Crippen LogP contribution < -0.4 is 10.1 Å². The maximum Gasteiger partial charge on any atom is 0.255 e. The van der Waals surface area contributed by atoms with E-state index in [0.717, 1.165) is 32.1 Å². The van der Waals surface area contributed by atoms with E-state index >= 15 is 0 Å². The van der Waals surface area contributed by atoms with Gasteiger partial charge in [-0.1, -0.05) is 0 Å². The van der Waals surface area contributed by atoms with E-state index in [1.807, 2.05) is 0 Å². The first-order chi connectivity index (χ1) is 8.19. The third-order valence-corrected chi connectivity index (χ3v) is 2.86. The predicted molar refractivity (Wildman–Crippen MR) is 62.7 cm³/mol. The number of methoxy groups -OCH3 is 1. The number of piperidine rings is 1. The summed E-state index contributed by atoms with van der Waals surface area (Å²) in [7, 11) is 3.48. The van der Waals surface area contributed by atoms with Crippen molar-refractivity contribution in [3.8, 4) is 5.88 Å². The zero-order valence-electron chi connectivity index (χ0n) is 10.1. The number of nitrogens with one attached hydrogen (secondary N) is 1. The van der Waals surface area contributed by atoms with E-state index in [9.17, 15) is 4.39 Å². The molecule has 17 heavy (non-hydrogen) atoms. The number of halogens is 1. The zero-order chi connectivity index (χ0) is 12.3. The molecule has 1 fully saturated rings. The Morgan fingerprint density at radius 3 is 3.12 bits per heavy atom.